The number of hydrogen-bond acceptors (Lipinski definition) is 6. The van der Waals surface area contributed by atoms with Gasteiger partial charge in [0.2, 0.25) is 18.6 Å². The van der Waals surface area contributed by atoms with Gasteiger partial charge in [-0.15, -0.1) is 0 Å². The summed E-state index contributed by atoms with van der Waals surface area (Å²) in [6.07, 6.45) is 1.56. The van der Waals surface area contributed by atoms with Gasteiger partial charge in [0.1, 0.15) is 12.3 Å². The van der Waals surface area contributed by atoms with Crippen molar-refractivity contribution < 1.29 is 23.5 Å². The number of amides is 2. The zero-order valence-electron chi connectivity index (χ0n) is 16.5. The normalized spacial score (nSPS) is 16.1. The molecule has 0 radical (unpaired) electrons. The standard InChI is InChI=1S/C21H25N3O5/c1-16(25)24(13-18-3-2-10-27-18)14-21(26)23-8-6-22(7-9-23)12-17-4-5-19-20(11-17)29-15-28-19/h2-5,10-11H,6-9,12-15H2,1H3. The van der Waals surface area contributed by atoms with Crippen LogP contribution in [0.15, 0.2) is 41.0 Å². The van der Waals surface area contributed by atoms with E-state index in [0.29, 0.717) is 25.4 Å². The Labute approximate surface area is 169 Å². The molecule has 0 aliphatic carbocycles. The van der Waals surface area contributed by atoms with E-state index in [2.05, 4.69) is 4.90 Å². The topological polar surface area (TPSA) is 75.5 Å². The highest BCUT2D eigenvalue weighted by atomic mass is 16.7. The first-order valence-corrected chi connectivity index (χ1v) is 9.75. The molecule has 0 atom stereocenters. The number of carbonyl (C=O) groups excluding carboxylic acids is 2. The minimum absolute atomic E-state index is 0.0329. The fourth-order valence-corrected chi connectivity index (χ4v) is 3.59. The van der Waals surface area contributed by atoms with Crippen LogP contribution in [-0.2, 0) is 22.7 Å². The van der Waals surface area contributed by atoms with Crippen molar-refractivity contribution in [1.82, 2.24) is 14.7 Å². The first-order chi connectivity index (χ1) is 14.1. The van der Waals surface area contributed by atoms with Gasteiger partial charge < -0.3 is 23.7 Å². The van der Waals surface area contributed by atoms with E-state index in [4.69, 9.17) is 13.9 Å². The van der Waals surface area contributed by atoms with Crippen LogP contribution in [0.25, 0.3) is 0 Å². The van der Waals surface area contributed by atoms with Gasteiger partial charge >= 0.3 is 0 Å². The first kappa shape index (κ1) is 19.3. The number of hydrogen-bond donors (Lipinski definition) is 0. The van der Waals surface area contributed by atoms with Gasteiger partial charge in [-0.25, -0.2) is 0 Å². The van der Waals surface area contributed by atoms with E-state index in [9.17, 15) is 9.59 Å². The summed E-state index contributed by atoms with van der Waals surface area (Å²) in [5.74, 6) is 2.07. The molecule has 2 amide bonds. The van der Waals surface area contributed by atoms with Crippen molar-refractivity contribution in [1.29, 1.82) is 0 Å². The van der Waals surface area contributed by atoms with Gasteiger partial charge in [0.05, 0.1) is 12.8 Å². The Morgan fingerprint density at radius 3 is 2.59 bits per heavy atom. The molecule has 154 valence electrons. The fourth-order valence-electron chi connectivity index (χ4n) is 3.59. The quantitative estimate of drug-likeness (QED) is 0.736. The van der Waals surface area contributed by atoms with Gasteiger partial charge in [-0.1, -0.05) is 6.07 Å². The summed E-state index contributed by atoms with van der Waals surface area (Å²) in [7, 11) is 0. The third-order valence-electron chi connectivity index (χ3n) is 5.27. The Balaban J connectivity index is 1.27. The first-order valence-electron chi connectivity index (χ1n) is 9.75. The van der Waals surface area contributed by atoms with E-state index in [1.54, 1.807) is 18.4 Å². The van der Waals surface area contributed by atoms with E-state index in [1.807, 2.05) is 23.1 Å². The van der Waals surface area contributed by atoms with Crippen molar-refractivity contribution in [2.75, 3.05) is 39.5 Å². The SMILES string of the molecule is CC(=O)N(CC(=O)N1CCN(Cc2ccc3c(c2)OCO3)CC1)Cc1ccco1. The minimum atomic E-state index is -0.142. The van der Waals surface area contributed by atoms with Crippen LogP contribution in [0.5, 0.6) is 11.5 Å². The summed E-state index contributed by atoms with van der Waals surface area (Å²) in [5, 5.41) is 0. The average molecular weight is 399 g/mol. The molecular weight excluding hydrogens is 374 g/mol. The number of nitrogens with zero attached hydrogens (tertiary/aromatic N) is 3. The Morgan fingerprint density at radius 2 is 1.86 bits per heavy atom. The van der Waals surface area contributed by atoms with Crippen molar-refractivity contribution in [2.24, 2.45) is 0 Å². The largest absolute Gasteiger partial charge is 0.467 e. The van der Waals surface area contributed by atoms with Gasteiger partial charge in [0.15, 0.2) is 11.5 Å². The van der Waals surface area contributed by atoms with E-state index in [1.165, 1.54) is 11.8 Å². The Kier molecular flexibility index (Phi) is 5.71. The van der Waals surface area contributed by atoms with E-state index >= 15 is 0 Å². The number of fused-ring (bicyclic) bond motifs is 1. The molecule has 2 aromatic rings. The van der Waals surface area contributed by atoms with Crippen LogP contribution in [0.2, 0.25) is 0 Å². The molecule has 0 spiro atoms. The molecule has 8 nitrogen and oxygen atoms in total. The molecule has 8 heteroatoms. The third kappa shape index (κ3) is 4.71. The number of piperazine rings is 1. The molecule has 3 heterocycles. The van der Waals surface area contributed by atoms with Crippen LogP contribution in [0.4, 0.5) is 0 Å². The molecule has 4 rings (SSSR count). The lowest BCUT2D eigenvalue weighted by Crippen LogP contribution is -2.51. The van der Waals surface area contributed by atoms with E-state index in [0.717, 1.165) is 36.7 Å². The maximum atomic E-state index is 12.7. The number of carbonyl (C=O) groups is 2. The van der Waals surface area contributed by atoms with Crippen LogP contribution in [0, 0.1) is 0 Å². The summed E-state index contributed by atoms with van der Waals surface area (Å²) >= 11 is 0. The van der Waals surface area contributed by atoms with Crippen LogP contribution in [0.1, 0.15) is 18.2 Å². The van der Waals surface area contributed by atoms with E-state index in [-0.39, 0.29) is 25.2 Å². The Bertz CT molecular complexity index is 859. The van der Waals surface area contributed by atoms with Crippen LogP contribution >= 0.6 is 0 Å². The molecular formula is C21H25N3O5. The highest BCUT2D eigenvalue weighted by Gasteiger charge is 2.24. The van der Waals surface area contributed by atoms with Crippen molar-refractivity contribution in [2.45, 2.75) is 20.0 Å². The zero-order valence-corrected chi connectivity index (χ0v) is 16.5. The molecule has 1 saturated heterocycles. The molecule has 0 unspecified atom stereocenters. The van der Waals surface area contributed by atoms with Gasteiger partial charge in [-0.2, -0.15) is 0 Å². The number of ether oxygens (including phenoxy) is 2. The van der Waals surface area contributed by atoms with Gasteiger partial charge in [0.25, 0.3) is 0 Å². The smallest absolute Gasteiger partial charge is 0.242 e. The number of benzene rings is 1. The highest BCUT2D eigenvalue weighted by Crippen LogP contribution is 2.32. The van der Waals surface area contributed by atoms with Crippen molar-refractivity contribution >= 4 is 11.8 Å². The number of rotatable bonds is 6. The molecule has 0 N–H and O–H groups in total. The van der Waals surface area contributed by atoms with Gasteiger partial charge in [-0.05, 0) is 29.8 Å². The maximum Gasteiger partial charge on any atom is 0.242 e. The van der Waals surface area contributed by atoms with Crippen molar-refractivity contribution in [3.8, 4) is 11.5 Å². The third-order valence-corrected chi connectivity index (χ3v) is 5.27. The van der Waals surface area contributed by atoms with Crippen LogP contribution in [-0.4, -0.2) is 66.0 Å². The molecule has 2 aliphatic rings. The monoisotopic (exact) mass is 399 g/mol. The lowest BCUT2D eigenvalue weighted by Gasteiger charge is -2.35. The highest BCUT2D eigenvalue weighted by molar-refractivity contribution is 5.83. The summed E-state index contributed by atoms with van der Waals surface area (Å²) in [4.78, 5) is 30.3. The molecule has 2 aliphatic heterocycles. The summed E-state index contributed by atoms with van der Waals surface area (Å²) in [6.45, 7) is 5.80. The van der Waals surface area contributed by atoms with Crippen LogP contribution < -0.4 is 9.47 Å². The Hall–Kier alpha value is -3.00. The van der Waals surface area contributed by atoms with E-state index < -0.39 is 0 Å². The molecule has 0 saturated carbocycles. The summed E-state index contributed by atoms with van der Waals surface area (Å²) in [5.41, 5.74) is 1.16. The fraction of sp³-hybridized carbons (Fsp3) is 0.429. The zero-order chi connectivity index (χ0) is 20.2. The summed E-state index contributed by atoms with van der Waals surface area (Å²) in [6, 6.07) is 9.57. The molecule has 1 aromatic heterocycles. The second kappa shape index (κ2) is 8.57. The molecule has 0 bridgehead atoms. The summed E-state index contributed by atoms with van der Waals surface area (Å²) < 4.78 is 16.1. The second-order valence-corrected chi connectivity index (χ2v) is 7.30. The Morgan fingerprint density at radius 1 is 1.07 bits per heavy atom. The van der Waals surface area contributed by atoms with Gasteiger partial charge in [-0.3, -0.25) is 14.5 Å². The predicted octanol–water partition coefficient (Wildman–Crippen LogP) is 1.70. The van der Waals surface area contributed by atoms with Crippen molar-refractivity contribution in [3.05, 3.63) is 47.9 Å². The predicted molar refractivity (Wildman–Crippen MR) is 104 cm³/mol. The number of furan rings is 1. The average Bonchev–Trinajstić information content (AvgIpc) is 3.39. The minimum Gasteiger partial charge on any atom is -0.467 e. The van der Waals surface area contributed by atoms with Crippen molar-refractivity contribution in [3.63, 3.8) is 0 Å². The molecule has 1 aromatic carbocycles. The lowest BCUT2D eigenvalue weighted by atomic mass is 10.1. The van der Waals surface area contributed by atoms with Crippen LogP contribution in [0.3, 0.4) is 0 Å². The maximum absolute atomic E-state index is 12.7. The second-order valence-electron chi connectivity index (χ2n) is 7.30. The van der Waals surface area contributed by atoms with Gasteiger partial charge in [0, 0.05) is 39.6 Å². The molecule has 1 fully saturated rings. The lowest BCUT2D eigenvalue weighted by molar-refractivity contribution is -0.141. The molecule has 29 heavy (non-hydrogen) atoms.